The van der Waals surface area contributed by atoms with Crippen LogP contribution in [-0.4, -0.2) is 22.1 Å². The van der Waals surface area contributed by atoms with Gasteiger partial charge in [0.1, 0.15) is 0 Å². The minimum absolute atomic E-state index is 0.0204. The molecule has 1 aromatic heterocycles. The van der Waals surface area contributed by atoms with E-state index in [1.54, 1.807) is 12.1 Å². The lowest BCUT2D eigenvalue weighted by atomic mass is 10.2. The van der Waals surface area contributed by atoms with Gasteiger partial charge in [0, 0.05) is 12.5 Å². The lowest BCUT2D eigenvalue weighted by Gasteiger charge is -2.05. The summed E-state index contributed by atoms with van der Waals surface area (Å²) < 4.78 is 0. The van der Waals surface area contributed by atoms with E-state index in [2.05, 4.69) is 15.5 Å². The molecule has 1 atom stereocenters. The number of halogens is 1. The predicted octanol–water partition coefficient (Wildman–Crippen LogP) is 1.20. The van der Waals surface area contributed by atoms with E-state index in [-0.39, 0.29) is 11.9 Å². The molecule has 0 saturated heterocycles. The number of amides is 1. The van der Waals surface area contributed by atoms with Gasteiger partial charge < -0.3 is 11.1 Å². The van der Waals surface area contributed by atoms with Crippen LogP contribution in [0.15, 0.2) is 12.1 Å². The van der Waals surface area contributed by atoms with Gasteiger partial charge in [0.05, 0.1) is 0 Å². The van der Waals surface area contributed by atoms with Crippen LogP contribution < -0.4 is 11.1 Å². The minimum atomic E-state index is -0.121. The number of rotatable bonds is 4. The van der Waals surface area contributed by atoms with Crippen LogP contribution in [0.2, 0.25) is 5.15 Å². The van der Waals surface area contributed by atoms with Crippen molar-refractivity contribution in [2.24, 2.45) is 5.73 Å². The summed E-state index contributed by atoms with van der Waals surface area (Å²) in [5.74, 6) is 0.276. The van der Waals surface area contributed by atoms with Gasteiger partial charge >= 0.3 is 0 Å². The minimum Gasteiger partial charge on any atom is -0.328 e. The Bertz CT molecular complexity index is 325. The second kappa shape index (κ2) is 5.63. The first kappa shape index (κ1) is 11.9. The smallest absolute Gasteiger partial charge is 0.225 e. The third-order valence-corrected chi connectivity index (χ3v) is 1.93. The quantitative estimate of drug-likeness (QED) is 0.811. The summed E-state index contributed by atoms with van der Waals surface area (Å²) >= 11 is 5.55. The molecule has 1 unspecified atom stereocenters. The SMILES string of the molecule is CC(N)CCC(=O)Nc1ccc(Cl)nn1. The van der Waals surface area contributed by atoms with Crippen molar-refractivity contribution in [2.45, 2.75) is 25.8 Å². The number of nitrogens with zero attached hydrogens (tertiary/aromatic N) is 2. The highest BCUT2D eigenvalue weighted by Gasteiger charge is 2.05. The first-order valence-corrected chi connectivity index (χ1v) is 5.00. The third-order valence-electron chi connectivity index (χ3n) is 1.73. The van der Waals surface area contributed by atoms with E-state index in [0.717, 1.165) is 0 Å². The topological polar surface area (TPSA) is 80.9 Å². The number of nitrogens with two attached hydrogens (primary N) is 1. The van der Waals surface area contributed by atoms with E-state index in [9.17, 15) is 4.79 Å². The highest BCUT2D eigenvalue weighted by Crippen LogP contribution is 2.06. The molecule has 1 aromatic rings. The van der Waals surface area contributed by atoms with Crippen molar-refractivity contribution < 1.29 is 4.79 Å². The zero-order chi connectivity index (χ0) is 11.3. The molecule has 5 nitrogen and oxygen atoms in total. The molecule has 0 aliphatic carbocycles. The summed E-state index contributed by atoms with van der Waals surface area (Å²) in [6.45, 7) is 1.86. The molecule has 6 heteroatoms. The lowest BCUT2D eigenvalue weighted by molar-refractivity contribution is -0.116. The Morgan fingerprint density at radius 2 is 2.33 bits per heavy atom. The van der Waals surface area contributed by atoms with Crippen LogP contribution in [0, 0.1) is 0 Å². The Morgan fingerprint density at radius 3 is 2.87 bits per heavy atom. The van der Waals surface area contributed by atoms with E-state index in [0.29, 0.717) is 23.8 Å². The summed E-state index contributed by atoms with van der Waals surface area (Å²) in [5.41, 5.74) is 5.53. The van der Waals surface area contributed by atoms with Crippen molar-refractivity contribution in [1.82, 2.24) is 10.2 Å². The van der Waals surface area contributed by atoms with Crippen molar-refractivity contribution >= 4 is 23.3 Å². The van der Waals surface area contributed by atoms with Crippen molar-refractivity contribution in [3.63, 3.8) is 0 Å². The van der Waals surface area contributed by atoms with Crippen LogP contribution >= 0.6 is 11.6 Å². The van der Waals surface area contributed by atoms with Crippen molar-refractivity contribution in [1.29, 1.82) is 0 Å². The van der Waals surface area contributed by atoms with Crippen molar-refractivity contribution in [3.05, 3.63) is 17.3 Å². The molecule has 1 amide bonds. The van der Waals surface area contributed by atoms with Gasteiger partial charge in [-0.3, -0.25) is 4.79 Å². The van der Waals surface area contributed by atoms with Crippen LogP contribution in [0.25, 0.3) is 0 Å². The van der Waals surface area contributed by atoms with E-state index >= 15 is 0 Å². The average Bonchev–Trinajstić information content (AvgIpc) is 2.19. The zero-order valence-electron chi connectivity index (χ0n) is 8.40. The highest BCUT2D eigenvalue weighted by atomic mass is 35.5. The Morgan fingerprint density at radius 1 is 1.60 bits per heavy atom. The van der Waals surface area contributed by atoms with Crippen molar-refractivity contribution in [2.75, 3.05) is 5.32 Å². The molecule has 1 rings (SSSR count). The second-order valence-electron chi connectivity index (χ2n) is 3.31. The summed E-state index contributed by atoms with van der Waals surface area (Å²) in [6, 6.07) is 3.18. The van der Waals surface area contributed by atoms with Gasteiger partial charge in [-0.05, 0) is 25.5 Å². The van der Waals surface area contributed by atoms with Crippen LogP contribution in [-0.2, 0) is 4.79 Å². The highest BCUT2D eigenvalue weighted by molar-refractivity contribution is 6.29. The standard InChI is InChI=1S/C9H13ClN4O/c1-6(11)2-5-9(15)12-8-4-3-7(10)13-14-8/h3-4,6H,2,5,11H2,1H3,(H,12,14,15). The molecule has 0 fully saturated rings. The summed E-state index contributed by atoms with van der Waals surface area (Å²) in [5, 5.41) is 10.2. The van der Waals surface area contributed by atoms with E-state index < -0.39 is 0 Å². The number of hydrogen-bond donors (Lipinski definition) is 2. The Hall–Kier alpha value is -1.20. The van der Waals surface area contributed by atoms with Gasteiger partial charge in [0.15, 0.2) is 11.0 Å². The van der Waals surface area contributed by atoms with Gasteiger partial charge in [0.2, 0.25) is 5.91 Å². The first-order chi connectivity index (χ1) is 7.08. The number of nitrogens with one attached hydrogen (secondary N) is 1. The van der Waals surface area contributed by atoms with E-state index in [1.807, 2.05) is 6.92 Å². The second-order valence-corrected chi connectivity index (χ2v) is 3.69. The summed E-state index contributed by atoms with van der Waals surface area (Å²) in [4.78, 5) is 11.3. The molecule has 1 heterocycles. The molecule has 0 radical (unpaired) electrons. The number of anilines is 1. The fourth-order valence-electron chi connectivity index (χ4n) is 0.947. The van der Waals surface area contributed by atoms with Gasteiger partial charge in [-0.1, -0.05) is 11.6 Å². The Labute approximate surface area is 93.0 Å². The van der Waals surface area contributed by atoms with Crippen LogP contribution in [0.4, 0.5) is 5.82 Å². The summed E-state index contributed by atoms with van der Waals surface area (Å²) in [6.07, 6.45) is 1.02. The predicted molar refractivity (Wildman–Crippen MR) is 58.6 cm³/mol. The molecular formula is C9H13ClN4O. The first-order valence-electron chi connectivity index (χ1n) is 4.62. The fraction of sp³-hybridized carbons (Fsp3) is 0.444. The number of hydrogen-bond acceptors (Lipinski definition) is 4. The van der Waals surface area contributed by atoms with E-state index in [1.165, 1.54) is 0 Å². The maximum absolute atomic E-state index is 11.3. The Balaban J connectivity index is 2.41. The summed E-state index contributed by atoms with van der Waals surface area (Å²) in [7, 11) is 0. The molecular weight excluding hydrogens is 216 g/mol. The van der Waals surface area contributed by atoms with Crippen LogP contribution in [0.5, 0.6) is 0 Å². The fourth-order valence-corrected chi connectivity index (χ4v) is 1.05. The molecule has 3 N–H and O–H groups in total. The van der Waals surface area contributed by atoms with Gasteiger partial charge in [0.25, 0.3) is 0 Å². The lowest BCUT2D eigenvalue weighted by Crippen LogP contribution is -2.19. The molecule has 0 aliphatic heterocycles. The van der Waals surface area contributed by atoms with E-state index in [4.69, 9.17) is 17.3 Å². The normalized spacial score (nSPS) is 12.2. The van der Waals surface area contributed by atoms with Crippen LogP contribution in [0.1, 0.15) is 19.8 Å². The largest absolute Gasteiger partial charge is 0.328 e. The van der Waals surface area contributed by atoms with Crippen molar-refractivity contribution in [3.8, 4) is 0 Å². The number of carbonyl (C=O) groups excluding carboxylic acids is 1. The Kier molecular flexibility index (Phi) is 4.45. The number of aromatic nitrogens is 2. The molecule has 82 valence electrons. The third kappa shape index (κ3) is 4.71. The maximum atomic E-state index is 11.3. The van der Waals surface area contributed by atoms with Gasteiger partial charge in [-0.15, -0.1) is 10.2 Å². The molecule has 0 bridgehead atoms. The maximum Gasteiger partial charge on any atom is 0.225 e. The molecule has 0 spiro atoms. The van der Waals surface area contributed by atoms with Gasteiger partial charge in [-0.2, -0.15) is 0 Å². The molecule has 15 heavy (non-hydrogen) atoms. The molecule has 0 saturated carbocycles. The zero-order valence-corrected chi connectivity index (χ0v) is 9.16. The monoisotopic (exact) mass is 228 g/mol. The molecule has 0 aromatic carbocycles. The van der Waals surface area contributed by atoms with Crippen LogP contribution in [0.3, 0.4) is 0 Å². The molecule has 0 aliphatic rings. The van der Waals surface area contributed by atoms with Gasteiger partial charge in [-0.25, -0.2) is 0 Å². The number of carbonyl (C=O) groups is 1. The average molecular weight is 229 g/mol.